The lowest BCUT2D eigenvalue weighted by molar-refractivity contribution is -0.129. The van der Waals surface area contributed by atoms with Crippen molar-refractivity contribution in [3.8, 4) is 0 Å². The topological polar surface area (TPSA) is 63.4 Å². The van der Waals surface area contributed by atoms with E-state index in [0.717, 1.165) is 4.47 Å². The molecule has 18 heavy (non-hydrogen) atoms. The van der Waals surface area contributed by atoms with Gasteiger partial charge in [-0.3, -0.25) is 9.59 Å². The summed E-state index contributed by atoms with van der Waals surface area (Å²) in [6, 6.07) is 5.17. The van der Waals surface area contributed by atoms with Crippen LogP contribution in [0, 0.1) is 0 Å². The standard InChI is InChI=1S/C12H11BrN2O2S/c13-7-4-5-8(12(14)18)9(6-7)15-10(16)2-1-3-11(15)17/h4-6H,1-3H2,(H2,14,18). The van der Waals surface area contributed by atoms with Crippen LogP contribution in [0.5, 0.6) is 0 Å². The first-order valence-corrected chi connectivity index (χ1v) is 6.66. The Labute approximate surface area is 118 Å². The van der Waals surface area contributed by atoms with E-state index >= 15 is 0 Å². The summed E-state index contributed by atoms with van der Waals surface area (Å²) in [7, 11) is 0. The molecule has 2 N–H and O–H groups in total. The number of nitrogens with two attached hydrogens (primary N) is 1. The highest BCUT2D eigenvalue weighted by molar-refractivity contribution is 9.10. The van der Waals surface area contributed by atoms with Gasteiger partial charge in [0.2, 0.25) is 11.8 Å². The molecule has 4 nitrogen and oxygen atoms in total. The second-order valence-corrected chi connectivity index (χ2v) is 5.36. The fraction of sp³-hybridized carbons (Fsp3) is 0.250. The molecule has 1 aliphatic rings. The van der Waals surface area contributed by atoms with Crippen molar-refractivity contribution in [1.82, 2.24) is 0 Å². The zero-order valence-corrected chi connectivity index (χ0v) is 11.9. The van der Waals surface area contributed by atoms with Gasteiger partial charge in [0.15, 0.2) is 0 Å². The summed E-state index contributed by atoms with van der Waals surface area (Å²) in [5, 5.41) is 0. The van der Waals surface area contributed by atoms with Crippen LogP contribution in [0.25, 0.3) is 0 Å². The molecular weight excluding hydrogens is 316 g/mol. The van der Waals surface area contributed by atoms with Gasteiger partial charge in [-0.1, -0.05) is 28.1 Å². The minimum Gasteiger partial charge on any atom is -0.389 e. The maximum absolute atomic E-state index is 11.9. The quantitative estimate of drug-likeness (QED) is 0.668. The first-order chi connectivity index (χ1) is 8.50. The number of anilines is 1. The third kappa shape index (κ3) is 2.44. The molecule has 2 amide bonds. The van der Waals surface area contributed by atoms with Gasteiger partial charge in [-0.15, -0.1) is 0 Å². The molecule has 0 aromatic heterocycles. The van der Waals surface area contributed by atoms with Crippen LogP contribution in [0.1, 0.15) is 24.8 Å². The van der Waals surface area contributed by atoms with Crippen LogP contribution in [0.2, 0.25) is 0 Å². The van der Waals surface area contributed by atoms with Crippen molar-refractivity contribution in [2.24, 2.45) is 5.73 Å². The molecule has 2 rings (SSSR count). The van der Waals surface area contributed by atoms with Crippen molar-refractivity contribution in [3.63, 3.8) is 0 Å². The number of benzene rings is 1. The molecular formula is C12H11BrN2O2S. The van der Waals surface area contributed by atoms with Crippen molar-refractivity contribution in [2.45, 2.75) is 19.3 Å². The summed E-state index contributed by atoms with van der Waals surface area (Å²) in [4.78, 5) is 25.1. The number of rotatable bonds is 2. The molecule has 94 valence electrons. The van der Waals surface area contributed by atoms with E-state index in [4.69, 9.17) is 18.0 Å². The highest BCUT2D eigenvalue weighted by Crippen LogP contribution is 2.29. The largest absolute Gasteiger partial charge is 0.389 e. The van der Waals surface area contributed by atoms with Crippen molar-refractivity contribution < 1.29 is 9.59 Å². The maximum atomic E-state index is 11.9. The number of hydrogen-bond donors (Lipinski definition) is 1. The zero-order valence-electron chi connectivity index (χ0n) is 9.48. The summed E-state index contributed by atoms with van der Waals surface area (Å²) >= 11 is 8.27. The fourth-order valence-electron chi connectivity index (χ4n) is 1.92. The number of piperidine rings is 1. The smallest absolute Gasteiger partial charge is 0.233 e. The van der Waals surface area contributed by atoms with Crippen LogP contribution in [-0.4, -0.2) is 16.8 Å². The number of hydrogen-bond acceptors (Lipinski definition) is 3. The Balaban J connectivity index is 2.54. The molecule has 0 bridgehead atoms. The Morgan fingerprint density at radius 3 is 2.44 bits per heavy atom. The van der Waals surface area contributed by atoms with Crippen molar-refractivity contribution in [2.75, 3.05) is 4.90 Å². The van der Waals surface area contributed by atoms with E-state index in [1.54, 1.807) is 18.2 Å². The lowest BCUT2D eigenvalue weighted by Gasteiger charge is -2.26. The second kappa shape index (κ2) is 5.16. The number of carbonyl (C=O) groups excluding carboxylic acids is 2. The normalized spacial score (nSPS) is 15.9. The molecule has 1 aromatic rings. The highest BCUT2D eigenvalue weighted by atomic mass is 79.9. The van der Waals surface area contributed by atoms with Gasteiger partial charge in [0.1, 0.15) is 4.99 Å². The third-order valence-corrected chi connectivity index (χ3v) is 3.46. The number of thiocarbonyl (C=S) groups is 1. The van der Waals surface area contributed by atoms with Crippen molar-refractivity contribution in [3.05, 3.63) is 28.2 Å². The fourth-order valence-corrected chi connectivity index (χ4v) is 2.44. The summed E-state index contributed by atoms with van der Waals surface area (Å²) in [6.07, 6.45) is 1.34. The van der Waals surface area contributed by atoms with Crippen molar-refractivity contribution in [1.29, 1.82) is 0 Å². The Bertz CT molecular complexity index is 529. The predicted molar refractivity (Wildman–Crippen MR) is 76.4 cm³/mol. The van der Waals surface area contributed by atoms with E-state index in [9.17, 15) is 9.59 Å². The zero-order chi connectivity index (χ0) is 13.3. The minimum absolute atomic E-state index is 0.170. The molecule has 1 aromatic carbocycles. The van der Waals surface area contributed by atoms with Crippen LogP contribution >= 0.6 is 28.1 Å². The van der Waals surface area contributed by atoms with E-state index in [-0.39, 0.29) is 16.8 Å². The van der Waals surface area contributed by atoms with Crippen LogP contribution in [0.3, 0.4) is 0 Å². The van der Waals surface area contributed by atoms with Gasteiger partial charge < -0.3 is 5.73 Å². The van der Waals surface area contributed by atoms with Crippen LogP contribution in [0.15, 0.2) is 22.7 Å². The molecule has 0 saturated carbocycles. The molecule has 0 radical (unpaired) electrons. The first kappa shape index (κ1) is 13.2. The van der Waals surface area contributed by atoms with E-state index in [1.807, 2.05) is 0 Å². The molecule has 0 unspecified atom stereocenters. The van der Waals surface area contributed by atoms with E-state index < -0.39 is 0 Å². The van der Waals surface area contributed by atoms with E-state index in [0.29, 0.717) is 30.5 Å². The molecule has 1 heterocycles. The number of carbonyl (C=O) groups is 2. The van der Waals surface area contributed by atoms with Gasteiger partial charge >= 0.3 is 0 Å². The van der Waals surface area contributed by atoms with E-state index in [2.05, 4.69) is 15.9 Å². The lowest BCUT2D eigenvalue weighted by Crippen LogP contribution is -2.41. The van der Waals surface area contributed by atoms with Crippen LogP contribution in [0.4, 0.5) is 5.69 Å². The summed E-state index contributed by atoms with van der Waals surface area (Å²) in [5.74, 6) is -0.413. The third-order valence-electron chi connectivity index (χ3n) is 2.75. The Morgan fingerprint density at radius 1 is 1.28 bits per heavy atom. The van der Waals surface area contributed by atoms with Crippen LogP contribution in [-0.2, 0) is 9.59 Å². The molecule has 0 spiro atoms. The first-order valence-electron chi connectivity index (χ1n) is 5.46. The second-order valence-electron chi connectivity index (χ2n) is 4.00. The SMILES string of the molecule is NC(=S)c1ccc(Br)cc1N1C(=O)CCCC1=O. The molecule has 0 atom stereocenters. The van der Waals surface area contributed by atoms with Crippen molar-refractivity contribution >= 4 is 50.6 Å². The average molecular weight is 327 g/mol. The van der Waals surface area contributed by atoms with Gasteiger partial charge in [0, 0.05) is 22.9 Å². The predicted octanol–water partition coefficient (Wildman–Crippen LogP) is 2.13. The highest BCUT2D eigenvalue weighted by Gasteiger charge is 2.29. The maximum Gasteiger partial charge on any atom is 0.233 e. The lowest BCUT2D eigenvalue weighted by atomic mass is 10.1. The Morgan fingerprint density at radius 2 is 1.89 bits per heavy atom. The number of amides is 2. The van der Waals surface area contributed by atoms with E-state index in [1.165, 1.54) is 4.90 Å². The Hall–Kier alpha value is -1.27. The average Bonchev–Trinajstić information content (AvgIpc) is 2.28. The van der Waals surface area contributed by atoms with Gasteiger partial charge in [-0.2, -0.15) is 0 Å². The van der Waals surface area contributed by atoms with Gasteiger partial charge in [0.05, 0.1) is 5.69 Å². The van der Waals surface area contributed by atoms with Gasteiger partial charge in [-0.05, 0) is 24.6 Å². The number of imide groups is 1. The molecule has 1 aliphatic heterocycles. The summed E-state index contributed by atoms with van der Waals surface area (Å²) in [5.41, 5.74) is 6.63. The number of halogens is 1. The number of nitrogens with zero attached hydrogens (tertiary/aromatic N) is 1. The van der Waals surface area contributed by atoms with Crippen LogP contribution < -0.4 is 10.6 Å². The molecule has 1 saturated heterocycles. The molecule has 1 fully saturated rings. The van der Waals surface area contributed by atoms with Gasteiger partial charge in [0.25, 0.3) is 0 Å². The van der Waals surface area contributed by atoms with Gasteiger partial charge in [-0.25, -0.2) is 4.90 Å². The molecule has 6 heteroatoms. The summed E-state index contributed by atoms with van der Waals surface area (Å²) in [6.45, 7) is 0. The Kier molecular flexibility index (Phi) is 3.77. The summed E-state index contributed by atoms with van der Waals surface area (Å²) < 4.78 is 0.767. The monoisotopic (exact) mass is 326 g/mol. The minimum atomic E-state index is -0.207. The molecule has 0 aliphatic carbocycles.